The highest BCUT2D eigenvalue weighted by molar-refractivity contribution is 6.30. The monoisotopic (exact) mass is 299 g/mol. The van der Waals surface area contributed by atoms with Gasteiger partial charge >= 0.3 is 0 Å². The number of aromatic amines is 1. The zero-order valence-electron chi connectivity index (χ0n) is 11.3. The molecule has 0 unspecified atom stereocenters. The lowest BCUT2D eigenvalue weighted by Crippen LogP contribution is -2.13. The molecule has 5 heteroatoms. The smallest absolute Gasteiger partial charge is 0.227 e. The van der Waals surface area contributed by atoms with Gasteiger partial charge in [0.05, 0.1) is 11.0 Å². The molecule has 21 heavy (non-hydrogen) atoms. The molecular formula is C16H14ClN3O. The third kappa shape index (κ3) is 3.41. The molecule has 0 saturated carbocycles. The van der Waals surface area contributed by atoms with Crippen LogP contribution in [0.3, 0.4) is 0 Å². The zero-order chi connectivity index (χ0) is 14.7. The summed E-state index contributed by atoms with van der Waals surface area (Å²) in [4.78, 5) is 19.3. The molecule has 106 valence electrons. The summed E-state index contributed by atoms with van der Waals surface area (Å²) >= 11 is 5.83. The van der Waals surface area contributed by atoms with Gasteiger partial charge in [-0.2, -0.15) is 0 Å². The van der Waals surface area contributed by atoms with Crippen LogP contribution in [0.15, 0.2) is 48.5 Å². The van der Waals surface area contributed by atoms with E-state index in [0.29, 0.717) is 23.8 Å². The second kappa shape index (κ2) is 5.97. The molecule has 3 aromatic rings. The molecule has 1 heterocycles. The molecule has 0 spiro atoms. The van der Waals surface area contributed by atoms with Gasteiger partial charge in [-0.3, -0.25) is 10.1 Å². The average molecular weight is 300 g/mol. The maximum Gasteiger partial charge on any atom is 0.227 e. The van der Waals surface area contributed by atoms with Gasteiger partial charge in [-0.1, -0.05) is 35.9 Å². The third-order valence-electron chi connectivity index (χ3n) is 3.20. The first kappa shape index (κ1) is 13.6. The van der Waals surface area contributed by atoms with Crippen LogP contribution in [0.2, 0.25) is 5.02 Å². The van der Waals surface area contributed by atoms with Crippen LogP contribution in [-0.4, -0.2) is 15.9 Å². The third-order valence-corrected chi connectivity index (χ3v) is 3.45. The maximum atomic E-state index is 11.9. The molecule has 2 N–H and O–H groups in total. The van der Waals surface area contributed by atoms with Crippen molar-refractivity contribution in [3.8, 4) is 0 Å². The molecule has 0 saturated heterocycles. The highest BCUT2D eigenvalue weighted by atomic mass is 35.5. The fourth-order valence-corrected chi connectivity index (χ4v) is 2.24. The van der Waals surface area contributed by atoms with Gasteiger partial charge in [0.1, 0.15) is 0 Å². The number of hydrogen-bond donors (Lipinski definition) is 2. The lowest BCUT2D eigenvalue weighted by atomic mass is 10.1. The van der Waals surface area contributed by atoms with Crippen LogP contribution in [0.4, 0.5) is 5.95 Å². The number of carbonyl (C=O) groups is 1. The molecule has 0 radical (unpaired) electrons. The summed E-state index contributed by atoms with van der Waals surface area (Å²) < 4.78 is 0. The van der Waals surface area contributed by atoms with Crippen LogP contribution in [-0.2, 0) is 11.2 Å². The number of imidazole rings is 1. The second-order valence-electron chi connectivity index (χ2n) is 4.78. The standard InChI is InChI=1S/C16H14ClN3O/c17-12-8-5-11(6-9-12)7-10-15(21)20-16-18-13-3-1-2-4-14(13)19-16/h1-6,8-9H,7,10H2,(H2,18,19,20,21). The summed E-state index contributed by atoms with van der Waals surface area (Å²) in [6.45, 7) is 0. The predicted octanol–water partition coefficient (Wildman–Crippen LogP) is 3.79. The van der Waals surface area contributed by atoms with Crippen molar-refractivity contribution in [2.24, 2.45) is 0 Å². The van der Waals surface area contributed by atoms with E-state index in [2.05, 4.69) is 15.3 Å². The highest BCUT2D eigenvalue weighted by Crippen LogP contribution is 2.14. The number of anilines is 1. The van der Waals surface area contributed by atoms with Crippen LogP contribution in [0, 0.1) is 0 Å². The summed E-state index contributed by atoms with van der Waals surface area (Å²) in [6, 6.07) is 15.2. The van der Waals surface area contributed by atoms with E-state index < -0.39 is 0 Å². The number of aromatic nitrogens is 2. The number of carbonyl (C=O) groups excluding carboxylic acids is 1. The van der Waals surface area contributed by atoms with Crippen LogP contribution >= 0.6 is 11.6 Å². The number of hydrogen-bond acceptors (Lipinski definition) is 2. The van der Waals surface area contributed by atoms with E-state index in [0.717, 1.165) is 16.6 Å². The largest absolute Gasteiger partial charge is 0.324 e. The minimum atomic E-state index is -0.0657. The maximum absolute atomic E-state index is 11.9. The number of nitrogens with zero attached hydrogens (tertiary/aromatic N) is 1. The Balaban J connectivity index is 1.59. The van der Waals surface area contributed by atoms with Crippen molar-refractivity contribution in [3.05, 3.63) is 59.1 Å². The van der Waals surface area contributed by atoms with Gasteiger partial charge in [0.2, 0.25) is 11.9 Å². The van der Waals surface area contributed by atoms with Crippen molar-refractivity contribution in [3.63, 3.8) is 0 Å². The van der Waals surface area contributed by atoms with Crippen molar-refractivity contribution in [1.82, 2.24) is 9.97 Å². The molecule has 4 nitrogen and oxygen atoms in total. The van der Waals surface area contributed by atoms with Crippen LogP contribution in [0.25, 0.3) is 11.0 Å². The molecule has 0 aliphatic heterocycles. The first-order valence-corrected chi connectivity index (χ1v) is 7.07. The molecular weight excluding hydrogens is 286 g/mol. The molecule has 2 aromatic carbocycles. The lowest BCUT2D eigenvalue weighted by molar-refractivity contribution is -0.116. The molecule has 3 rings (SSSR count). The van der Waals surface area contributed by atoms with Gasteiger partial charge in [0.15, 0.2) is 0 Å². The van der Waals surface area contributed by atoms with Gasteiger partial charge in [0, 0.05) is 11.4 Å². The Morgan fingerprint density at radius 3 is 2.67 bits per heavy atom. The molecule has 0 aliphatic carbocycles. The average Bonchev–Trinajstić information content (AvgIpc) is 2.88. The molecule has 1 amide bonds. The summed E-state index contributed by atoms with van der Waals surface area (Å²) in [7, 11) is 0. The Morgan fingerprint density at radius 1 is 1.14 bits per heavy atom. The summed E-state index contributed by atoms with van der Waals surface area (Å²) in [5, 5.41) is 3.48. The van der Waals surface area contributed by atoms with E-state index in [1.807, 2.05) is 48.5 Å². The topological polar surface area (TPSA) is 57.8 Å². The Kier molecular flexibility index (Phi) is 3.88. The number of rotatable bonds is 4. The van der Waals surface area contributed by atoms with E-state index in [1.54, 1.807) is 0 Å². The van der Waals surface area contributed by atoms with Gasteiger partial charge in [-0.15, -0.1) is 0 Å². The minimum absolute atomic E-state index is 0.0657. The number of H-pyrrole nitrogens is 1. The number of aryl methyl sites for hydroxylation is 1. The van der Waals surface area contributed by atoms with Gasteiger partial charge < -0.3 is 4.98 Å². The summed E-state index contributed by atoms with van der Waals surface area (Å²) in [5.74, 6) is 0.418. The number of benzene rings is 2. The molecule has 0 fully saturated rings. The van der Waals surface area contributed by atoms with Crippen molar-refractivity contribution in [2.75, 3.05) is 5.32 Å². The van der Waals surface area contributed by atoms with E-state index in [9.17, 15) is 4.79 Å². The Bertz CT molecular complexity index is 732. The fourth-order valence-electron chi connectivity index (χ4n) is 2.12. The number of halogens is 1. The van der Waals surface area contributed by atoms with Gasteiger partial charge in [-0.25, -0.2) is 4.98 Å². The predicted molar refractivity (Wildman–Crippen MR) is 84.5 cm³/mol. The second-order valence-corrected chi connectivity index (χ2v) is 5.21. The Hall–Kier alpha value is -2.33. The Morgan fingerprint density at radius 2 is 1.90 bits per heavy atom. The first-order chi connectivity index (χ1) is 10.2. The van der Waals surface area contributed by atoms with E-state index in [-0.39, 0.29) is 5.91 Å². The van der Waals surface area contributed by atoms with Crippen LogP contribution in [0.1, 0.15) is 12.0 Å². The van der Waals surface area contributed by atoms with Crippen LogP contribution in [0.5, 0.6) is 0 Å². The van der Waals surface area contributed by atoms with Crippen molar-refractivity contribution >= 4 is 34.5 Å². The van der Waals surface area contributed by atoms with Gasteiger partial charge in [-0.05, 0) is 36.2 Å². The minimum Gasteiger partial charge on any atom is -0.324 e. The van der Waals surface area contributed by atoms with Crippen LogP contribution < -0.4 is 5.32 Å². The highest BCUT2D eigenvalue weighted by Gasteiger charge is 2.07. The fraction of sp³-hybridized carbons (Fsp3) is 0.125. The zero-order valence-corrected chi connectivity index (χ0v) is 12.0. The summed E-state index contributed by atoms with van der Waals surface area (Å²) in [5.41, 5.74) is 2.83. The molecule has 1 aromatic heterocycles. The SMILES string of the molecule is O=C(CCc1ccc(Cl)cc1)Nc1nc2ccccc2[nH]1. The van der Waals surface area contributed by atoms with Crippen molar-refractivity contribution in [2.45, 2.75) is 12.8 Å². The van der Waals surface area contributed by atoms with E-state index in [1.165, 1.54) is 0 Å². The number of fused-ring (bicyclic) bond motifs is 1. The quantitative estimate of drug-likeness (QED) is 0.770. The van der Waals surface area contributed by atoms with Crippen molar-refractivity contribution in [1.29, 1.82) is 0 Å². The van der Waals surface area contributed by atoms with Crippen molar-refractivity contribution < 1.29 is 4.79 Å². The van der Waals surface area contributed by atoms with E-state index >= 15 is 0 Å². The molecule has 0 atom stereocenters. The van der Waals surface area contributed by atoms with E-state index in [4.69, 9.17) is 11.6 Å². The Labute approximate surface area is 127 Å². The number of amides is 1. The normalized spacial score (nSPS) is 10.7. The van der Waals surface area contributed by atoms with Gasteiger partial charge in [0.25, 0.3) is 0 Å². The number of nitrogens with one attached hydrogen (secondary N) is 2. The number of para-hydroxylation sites is 2. The summed E-state index contributed by atoms with van der Waals surface area (Å²) in [6.07, 6.45) is 1.07. The lowest BCUT2D eigenvalue weighted by Gasteiger charge is -2.02. The molecule has 0 bridgehead atoms. The first-order valence-electron chi connectivity index (χ1n) is 6.70. The molecule has 0 aliphatic rings.